The van der Waals surface area contributed by atoms with Gasteiger partial charge in [-0.2, -0.15) is 0 Å². The van der Waals surface area contributed by atoms with Crippen LogP contribution in [0.1, 0.15) is 45.4 Å². The molecule has 0 aromatic rings. The zero-order chi connectivity index (χ0) is 17.8. The quantitative estimate of drug-likeness (QED) is 0.825. The summed E-state index contributed by atoms with van der Waals surface area (Å²) in [6.07, 6.45) is 11.3. The monoisotopic (exact) mass is 344 g/mol. The SMILES string of the molecule is C[C@]12CCC(=O)C=C1C=C[C@H]1[C@@H]3CC[C@H](C(=O)CO)[C@@]3(CO)CC[C@@H]12. The van der Waals surface area contributed by atoms with Crippen molar-refractivity contribution >= 4 is 11.6 Å². The van der Waals surface area contributed by atoms with Crippen LogP contribution in [-0.2, 0) is 9.59 Å². The second kappa shape index (κ2) is 5.88. The molecule has 2 fully saturated rings. The standard InChI is InChI=1S/C21H28O4/c1-20-8-6-14(24)10-13(20)2-3-15-16(20)7-9-21(12-23)17(15)4-5-18(21)19(25)11-22/h2-3,10,15-18,22-23H,4-9,11-12H2,1H3/t15-,16+,17+,18-,20+,21-/m1/s1. The molecule has 0 spiro atoms. The Labute approximate surface area is 149 Å². The Kier molecular flexibility index (Phi) is 4.04. The van der Waals surface area contributed by atoms with Gasteiger partial charge in [-0.1, -0.05) is 19.1 Å². The highest BCUT2D eigenvalue weighted by Gasteiger charge is 2.60. The van der Waals surface area contributed by atoms with Crippen LogP contribution in [0, 0.1) is 34.5 Å². The molecule has 4 heteroatoms. The average Bonchev–Trinajstić information content (AvgIpc) is 3.01. The summed E-state index contributed by atoms with van der Waals surface area (Å²) in [6.45, 7) is 1.91. The number of Topliss-reactive ketones (excluding diaryl/α,β-unsaturated/α-hetero) is 1. The van der Waals surface area contributed by atoms with Crippen molar-refractivity contribution in [2.75, 3.05) is 13.2 Å². The topological polar surface area (TPSA) is 74.6 Å². The smallest absolute Gasteiger partial charge is 0.161 e. The van der Waals surface area contributed by atoms with Gasteiger partial charge in [-0.25, -0.2) is 0 Å². The van der Waals surface area contributed by atoms with Crippen LogP contribution in [-0.4, -0.2) is 35.0 Å². The minimum atomic E-state index is -0.421. The third kappa shape index (κ3) is 2.26. The molecule has 2 saturated carbocycles. The molecule has 0 radical (unpaired) electrons. The molecule has 4 aliphatic carbocycles. The largest absolute Gasteiger partial charge is 0.396 e. The summed E-state index contributed by atoms with van der Waals surface area (Å²) < 4.78 is 0. The van der Waals surface area contributed by atoms with Gasteiger partial charge in [0.15, 0.2) is 11.6 Å². The van der Waals surface area contributed by atoms with Crippen LogP contribution in [0.25, 0.3) is 0 Å². The van der Waals surface area contributed by atoms with Gasteiger partial charge in [0.1, 0.15) is 6.61 Å². The van der Waals surface area contributed by atoms with Gasteiger partial charge in [0.25, 0.3) is 0 Å². The van der Waals surface area contributed by atoms with Crippen molar-refractivity contribution in [2.45, 2.75) is 45.4 Å². The van der Waals surface area contributed by atoms with E-state index in [-0.39, 0.29) is 34.9 Å². The zero-order valence-corrected chi connectivity index (χ0v) is 14.9. The normalized spacial score (nSPS) is 45.4. The van der Waals surface area contributed by atoms with Gasteiger partial charge in [-0.15, -0.1) is 0 Å². The average molecular weight is 344 g/mol. The van der Waals surface area contributed by atoms with Crippen LogP contribution in [0.4, 0.5) is 0 Å². The molecular weight excluding hydrogens is 316 g/mol. The number of aliphatic hydroxyl groups is 2. The van der Waals surface area contributed by atoms with E-state index >= 15 is 0 Å². The van der Waals surface area contributed by atoms with Crippen molar-refractivity contribution in [1.82, 2.24) is 0 Å². The molecule has 4 rings (SSSR count). The summed E-state index contributed by atoms with van der Waals surface area (Å²) in [5.74, 6) is 1.04. The molecule has 0 heterocycles. The van der Waals surface area contributed by atoms with Gasteiger partial charge >= 0.3 is 0 Å². The van der Waals surface area contributed by atoms with Crippen molar-refractivity contribution in [3.63, 3.8) is 0 Å². The van der Waals surface area contributed by atoms with Crippen molar-refractivity contribution in [3.8, 4) is 0 Å². The zero-order valence-electron chi connectivity index (χ0n) is 14.9. The molecule has 25 heavy (non-hydrogen) atoms. The van der Waals surface area contributed by atoms with Crippen LogP contribution < -0.4 is 0 Å². The van der Waals surface area contributed by atoms with Gasteiger partial charge < -0.3 is 10.2 Å². The Morgan fingerprint density at radius 1 is 1.20 bits per heavy atom. The first-order valence-corrected chi connectivity index (χ1v) is 9.64. The summed E-state index contributed by atoms with van der Waals surface area (Å²) in [7, 11) is 0. The first-order chi connectivity index (χ1) is 12.0. The van der Waals surface area contributed by atoms with Crippen molar-refractivity contribution in [3.05, 3.63) is 23.8 Å². The number of hydrogen-bond acceptors (Lipinski definition) is 4. The highest BCUT2D eigenvalue weighted by atomic mass is 16.3. The third-order valence-corrected chi connectivity index (χ3v) is 8.07. The number of carbonyl (C=O) groups is 2. The highest BCUT2D eigenvalue weighted by molar-refractivity contribution is 5.92. The summed E-state index contributed by atoms with van der Waals surface area (Å²) in [5, 5.41) is 19.6. The number of carbonyl (C=O) groups excluding carboxylic acids is 2. The maximum atomic E-state index is 12.3. The number of ketones is 2. The van der Waals surface area contributed by atoms with Crippen LogP contribution in [0.15, 0.2) is 23.8 Å². The van der Waals surface area contributed by atoms with Crippen LogP contribution in [0.5, 0.6) is 0 Å². The van der Waals surface area contributed by atoms with E-state index in [0.717, 1.165) is 32.1 Å². The predicted octanol–water partition coefficient (Wildman–Crippen LogP) is 2.44. The fourth-order valence-electron chi connectivity index (χ4n) is 6.71. The lowest BCUT2D eigenvalue weighted by Crippen LogP contribution is -2.52. The molecule has 2 N–H and O–H groups in total. The Balaban J connectivity index is 1.72. The molecule has 0 aromatic carbocycles. The summed E-state index contributed by atoms with van der Waals surface area (Å²) in [4.78, 5) is 24.1. The molecule has 4 nitrogen and oxygen atoms in total. The summed E-state index contributed by atoms with van der Waals surface area (Å²) in [6, 6.07) is 0. The molecule has 0 saturated heterocycles. The maximum absolute atomic E-state index is 12.3. The Hall–Kier alpha value is -1.26. The van der Waals surface area contributed by atoms with E-state index in [0.29, 0.717) is 24.2 Å². The van der Waals surface area contributed by atoms with E-state index in [1.807, 2.05) is 6.08 Å². The molecule has 4 aliphatic rings. The fourth-order valence-corrected chi connectivity index (χ4v) is 6.71. The second-order valence-electron chi connectivity index (χ2n) is 8.82. The maximum Gasteiger partial charge on any atom is 0.161 e. The van der Waals surface area contributed by atoms with Crippen LogP contribution in [0.3, 0.4) is 0 Å². The van der Waals surface area contributed by atoms with E-state index in [2.05, 4.69) is 19.1 Å². The molecule has 0 aliphatic heterocycles. The van der Waals surface area contributed by atoms with Crippen molar-refractivity contribution in [2.24, 2.45) is 34.5 Å². The molecule has 0 unspecified atom stereocenters. The summed E-state index contributed by atoms with van der Waals surface area (Å²) >= 11 is 0. The lowest BCUT2D eigenvalue weighted by Gasteiger charge is -2.56. The molecule has 0 aromatic heterocycles. The van der Waals surface area contributed by atoms with Crippen molar-refractivity contribution in [1.29, 1.82) is 0 Å². The summed E-state index contributed by atoms with van der Waals surface area (Å²) in [5.41, 5.74) is 0.837. The number of allylic oxidation sites excluding steroid dienone is 4. The first-order valence-electron chi connectivity index (χ1n) is 9.64. The minimum Gasteiger partial charge on any atom is -0.396 e. The Bertz CT molecular complexity index is 663. The first kappa shape index (κ1) is 17.2. The number of fused-ring (bicyclic) bond motifs is 5. The Morgan fingerprint density at radius 3 is 2.72 bits per heavy atom. The van der Waals surface area contributed by atoms with E-state index < -0.39 is 6.61 Å². The number of hydrogen-bond donors (Lipinski definition) is 2. The van der Waals surface area contributed by atoms with E-state index in [4.69, 9.17) is 0 Å². The van der Waals surface area contributed by atoms with Gasteiger partial charge in [0.05, 0.1) is 0 Å². The third-order valence-electron chi connectivity index (χ3n) is 8.07. The van der Waals surface area contributed by atoms with Gasteiger partial charge in [0, 0.05) is 24.4 Å². The Morgan fingerprint density at radius 2 is 2.00 bits per heavy atom. The second-order valence-corrected chi connectivity index (χ2v) is 8.82. The predicted molar refractivity (Wildman–Crippen MR) is 93.6 cm³/mol. The van der Waals surface area contributed by atoms with Gasteiger partial charge in [0.2, 0.25) is 0 Å². The van der Waals surface area contributed by atoms with Crippen LogP contribution >= 0.6 is 0 Å². The van der Waals surface area contributed by atoms with E-state index in [1.54, 1.807) is 0 Å². The lowest BCUT2D eigenvalue weighted by molar-refractivity contribution is -0.135. The molecule has 0 amide bonds. The number of aliphatic hydroxyl groups excluding tert-OH is 2. The van der Waals surface area contributed by atoms with E-state index in [1.165, 1.54) is 5.57 Å². The fraction of sp³-hybridized carbons (Fsp3) is 0.714. The molecule has 136 valence electrons. The van der Waals surface area contributed by atoms with Gasteiger partial charge in [-0.05, 0) is 66.9 Å². The van der Waals surface area contributed by atoms with Crippen LogP contribution in [0.2, 0.25) is 0 Å². The minimum absolute atomic E-state index is 0.0308. The van der Waals surface area contributed by atoms with E-state index in [9.17, 15) is 19.8 Å². The molecule has 6 atom stereocenters. The number of rotatable bonds is 3. The highest BCUT2D eigenvalue weighted by Crippen LogP contribution is 2.65. The van der Waals surface area contributed by atoms with Crippen molar-refractivity contribution < 1.29 is 19.8 Å². The lowest BCUT2D eigenvalue weighted by atomic mass is 9.48. The molecular formula is C21H28O4. The van der Waals surface area contributed by atoms with Gasteiger partial charge in [-0.3, -0.25) is 9.59 Å². The molecule has 0 bridgehead atoms.